The van der Waals surface area contributed by atoms with Crippen LogP contribution in [0.4, 0.5) is 0 Å². The van der Waals surface area contributed by atoms with Crippen LogP contribution in [-0.4, -0.2) is 31.9 Å². The van der Waals surface area contributed by atoms with Gasteiger partial charge in [-0.15, -0.1) is 0 Å². The normalized spacial score (nSPS) is 12.5. The molecule has 0 aliphatic heterocycles. The zero-order chi connectivity index (χ0) is 12.7. The Balaban J connectivity index is 2.48. The average Bonchev–Trinajstić information content (AvgIpc) is 2.33. The predicted octanol–water partition coefficient (Wildman–Crippen LogP) is 1.91. The topological polar surface area (TPSA) is 43.4 Å². The highest BCUT2D eigenvalue weighted by molar-refractivity contribution is 5.26. The van der Waals surface area contributed by atoms with Gasteiger partial charge in [-0.1, -0.05) is 0 Å². The highest BCUT2D eigenvalue weighted by Crippen LogP contribution is 2.13. The molecule has 4 nitrogen and oxygen atoms in total. The van der Waals surface area contributed by atoms with Crippen LogP contribution in [0.2, 0.25) is 0 Å². The maximum absolute atomic E-state index is 5.22. The number of aryl methyl sites for hydroxylation is 1. The van der Waals surface area contributed by atoms with E-state index in [0.717, 1.165) is 36.7 Å². The van der Waals surface area contributed by atoms with E-state index in [0.29, 0.717) is 6.04 Å². The number of hydrogen-bond donors (Lipinski definition) is 1. The molecule has 1 N–H and O–H groups in total. The van der Waals surface area contributed by atoms with Crippen molar-refractivity contribution in [2.75, 3.05) is 20.8 Å². The Kier molecular flexibility index (Phi) is 5.94. The molecule has 96 valence electrons. The van der Waals surface area contributed by atoms with Crippen LogP contribution in [0.3, 0.4) is 0 Å². The summed E-state index contributed by atoms with van der Waals surface area (Å²) in [6, 6.07) is 4.31. The molecule has 1 heterocycles. The SMILES string of the molecule is COCCC(C)NCc1cc(OC)cc(C)n1. The summed E-state index contributed by atoms with van der Waals surface area (Å²) in [7, 11) is 3.40. The Morgan fingerprint density at radius 3 is 2.76 bits per heavy atom. The number of rotatable bonds is 7. The zero-order valence-corrected chi connectivity index (χ0v) is 11.1. The number of hydrogen-bond acceptors (Lipinski definition) is 4. The molecule has 0 aromatic carbocycles. The molecule has 0 aliphatic carbocycles. The fraction of sp³-hybridized carbons (Fsp3) is 0.615. The average molecular weight is 238 g/mol. The molecule has 0 aliphatic rings. The summed E-state index contributed by atoms with van der Waals surface area (Å²) in [5.74, 6) is 0.860. The first-order chi connectivity index (χ1) is 8.15. The van der Waals surface area contributed by atoms with E-state index in [1.807, 2.05) is 19.1 Å². The van der Waals surface area contributed by atoms with Gasteiger partial charge in [0.1, 0.15) is 5.75 Å². The van der Waals surface area contributed by atoms with Crippen LogP contribution in [0.5, 0.6) is 5.75 Å². The van der Waals surface area contributed by atoms with Crippen molar-refractivity contribution in [1.29, 1.82) is 0 Å². The third-order valence-electron chi connectivity index (χ3n) is 2.60. The molecular formula is C13H22N2O2. The molecule has 1 aromatic rings. The summed E-state index contributed by atoms with van der Waals surface area (Å²) in [5, 5.41) is 3.41. The lowest BCUT2D eigenvalue weighted by Gasteiger charge is -2.13. The summed E-state index contributed by atoms with van der Waals surface area (Å²) in [4.78, 5) is 4.46. The predicted molar refractivity (Wildman–Crippen MR) is 68.3 cm³/mol. The summed E-state index contributed by atoms with van der Waals surface area (Å²) < 4.78 is 10.3. The molecule has 0 saturated heterocycles. The second kappa shape index (κ2) is 7.25. The van der Waals surface area contributed by atoms with Crippen molar-refractivity contribution in [3.63, 3.8) is 0 Å². The van der Waals surface area contributed by atoms with Gasteiger partial charge >= 0.3 is 0 Å². The van der Waals surface area contributed by atoms with E-state index in [9.17, 15) is 0 Å². The lowest BCUT2D eigenvalue weighted by molar-refractivity contribution is 0.184. The van der Waals surface area contributed by atoms with Crippen LogP contribution in [-0.2, 0) is 11.3 Å². The smallest absolute Gasteiger partial charge is 0.122 e. The summed E-state index contributed by atoms with van der Waals surface area (Å²) in [5.41, 5.74) is 1.98. The fourth-order valence-corrected chi connectivity index (χ4v) is 1.59. The van der Waals surface area contributed by atoms with Gasteiger partial charge in [0.05, 0.1) is 12.8 Å². The molecule has 1 unspecified atom stereocenters. The lowest BCUT2D eigenvalue weighted by Crippen LogP contribution is -2.27. The van der Waals surface area contributed by atoms with Crippen LogP contribution >= 0.6 is 0 Å². The number of ether oxygens (including phenoxy) is 2. The Labute approximate surface area is 103 Å². The minimum Gasteiger partial charge on any atom is -0.497 e. The largest absolute Gasteiger partial charge is 0.497 e. The molecule has 0 spiro atoms. The molecule has 1 aromatic heterocycles. The number of aromatic nitrogens is 1. The molecule has 1 atom stereocenters. The Morgan fingerprint density at radius 1 is 1.35 bits per heavy atom. The Bertz CT molecular complexity index is 342. The van der Waals surface area contributed by atoms with Crippen molar-refractivity contribution in [2.24, 2.45) is 0 Å². The van der Waals surface area contributed by atoms with Gasteiger partial charge in [0, 0.05) is 44.1 Å². The maximum Gasteiger partial charge on any atom is 0.122 e. The molecule has 0 bridgehead atoms. The van der Waals surface area contributed by atoms with Crippen LogP contribution in [0.25, 0.3) is 0 Å². The second-order valence-electron chi connectivity index (χ2n) is 4.20. The standard InChI is InChI=1S/C13H22N2O2/c1-10(5-6-16-3)14-9-12-8-13(17-4)7-11(2)15-12/h7-8,10,14H,5-6,9H2,1-4H3. The minimum atomic E-state index is 0.420. The van der Waals surface area contributed by atoms with Gasteiger partial charge in [-0.05, 0) is 20.3 Å². The van der Waals surface area contributed by atoms with E-state index in [-0.39, 0.29) is 0 Å². The fourth-order valence-electron chi connectivity index (χ4n) is 1.59. The van der Waals surface area contributed by atoms with Crippen LogP contribution in [0.15, 0.2) is 12.1 Å². The van der Waals surface area contributed by atoms with Gasteiger partial charge in [0.15, 0.2) is 0 Å². The third-order valence-corrected chi connectivity index (χ3v) is 2.60. The van der Waals surface area contributed by atoms with Crippen molar-refractivity contribution in [1.82, 2.24) is 10.3 Å². The summed E-state index contributed by atoms with van der Waals surface area (Å²) in [6.07, 6.45) is 0.999. The maximum atomic E-state index is 5.22. The van der Waals surface area contributed by atoms with Crippen molar-refractivity contribution >= 4 is 0 Å². The molecule has 17 heavy (non-hydrogen) atoms. The first-order valence-corrected chi connectivity index (χ1v) is 5.89. The quantitative estimate of drug-likeness (QED) is 0.788. The monoisotopic (exact) mass is 238 g/mol. The van der Waals surface area contributed by atoms with Gasteiger partial charge in [0.25, 0.3) is 0 Å². The third kappa shape index (κ3) is 5.15. The molecule has 0 fully saturated rings. The van der Waals surface area contributed by atoms with Crippen LogP contribution < -0.4 is 10.1 Å². The van der Waals surface area contributed by atoms with Gasteiger partial charge < -0.3 is 14.8 Å². The van der Waals surface area contributed by atoms with Crippen LogP contribution in [0.1, 0.15) is 24.7 Å². The Hall–Kier alpha value is -1.13. The van der Waals surface area contributed by atoms with Crippen molar-refractivity contribution in [3.8, 4) is 5.75 Å². The van der Waals surface area contributed by atoms with Crippen LogP contribution in [0, 0.1) is 6.92 Å². The van der Waals surface area contributed by atoms with E-state index in [2.05, 4.69) is 17.2 Å². The molecule has 1 rings (SSSR count). The summed E-state index contributed by atoms with van der Waals surface area (Å²) >= 11 is 0. The van der Waals surface area contributed by atoms with E-state index in [1.165, 1.54) is 0 Å². The van der Waals surface area contributed by atoms with E-state index in [1.54, 1.807) is 14.2 Å². The van der Waals surface area contributed by atoms with Gasteiger partial charge in [-0.2, -0.15) is 0 Å². The number of nitrogens with one attached hydrogen (secondary N) is 1. The second-order valence-corrected chi connectivity index (χ2v) is 4.20. The molecule has 0 amide bonds. The molecular weight excluding hydrogens is 216 g/mol. The Morgan fingerprint density at radius 2 is 2.12 bits per heavy atom. The van der Waals surface area contributed by atoms with Gasteiger partial charge in [0.2, 0.25) is 0 Å². The van der Waals surface area contributed by atoms with E-state index < -0.39 is 0 Å². The number of pyridine rings is 1. The van der Waals surface area contributed by atoms with E-state index in [4.69, 9.17) is 9.47 Å². The molecule has 0 radical (unpaired) electrons. The van der Waals surface area contributed by atoms with Crippen molar-refractivity contribution < 1.29 is 9.47 Å². The van der Waals surface area contributed by atoms with Gasteiger partial charge in [-0.3, -0.25) is 4.98 Å². The summed E-state index contributed by atoms with van der Waals surface area (Å²) in [6.45, 7) is 5.65. The molecule has 4 heteroatoms. The van der Waals surface area contributed by atoms with Crippen molar-refractivity contribution in [3.05, 3.63) is 23.5 Å². The highest BCUT2D eigenvalue weighted by Gasteiger charge is 2.04. The van der Waals surface area contributed by atoms with Crippen molar-refractivity contribution in [2.45, 2.75) is 32.9 Å². The lowest BCUT2D eigenvalue weighted by atomic mass is 10.2. The first-order valence-electron chi connectivity index (χ1n) is 5.89. The van der Waals surface area contributed by atoms with Gasteiger partial charge in [-0.25, -0.2) is 0 Å². The zero-order valence-electron chi connectivity index (χ0n) is 11.1. The molecule has 0 saturated carbocycles. The highest BCUT2D eigenvalue weighted by atomic mass is 16.5. The van der Waals surface area contributed by atoms with E-state index >= 15 is 0 Å². The number of nitrogens with zero attached hydrogens (tertiary/aromatic N) is 1. The minimum absolute atomic E-state index is 0.420. The first kappa shape index (κ1) is 13.9. The number of methoxy groups -OCH3 is 2.